The summed E-state index contributed by atoms with van der Waals surface area (Å²) in [4.78, 5) is 11.7. The van der Waals surface area contributed by atoms with E-state index in [-0.39, 0.29) is 5.82 Å². The number of allylic oxidation sites excluding steroid dienone is 1. The van der Waals surface area contributed by atoms with Crippen molar-refractivity contribution in [3.05, 3.63) is 24.7 Å². The molecule has 0 aromatic carbocycles. The lowest BCUT2D eigenvalue weighted by atomic mass is 10.4. The number of nitrogens with one attached hydrogen (secondary N) is 1. The second-order valence-corrected chi connectivity index (χ2v) is 2.43. The minimum atomic E-state index is 0.140. The van der Waals surface area contributed by atoms with E-state index in [0.29, 0.717) is 11.5 Å². The number of aromatic nitrogens is 2. The van der Waals surface area contributed by atoms with Crippen LogP contribution < -0.4 is 0 Å². The molecule has 0 bridgehead atoms. The van der Waals surface area contributed by atoms with Crippen molar-refractivity contribution in [1.29, 1.82) is 0 Å². The first-order valence-corrected chi connectivity index (χ1v) is 3.68. The normalized spacial score (nSPS) is 16.2. The fourth-order valence-corrected chi connectivity index (χ4v) is 1.07. The lowest BCUT2D eigenvalue weighted by molar-refractivity contribution is -0.287. The molecule has 0 unspecified atom stereocenters. The Morgan fingerprint density at radius 3 is 3.08 bits per heavy atom. The molecule has 5 heteroatoms. The predicted molar refractivity (Wildman–Crippen MR) is 50.3 cm³/mol. The van der Waals surface area contributed by atoms with Crippen molar-refractivity contribution in [2.75, 3.05) is 0 Å². The van der Waals surface area contributed by atoms with Gasteiger partial charge in [0.25, 0.3) is 0 Å². The summed E-state index contributed by atoms with van der Waals surface area (Å²) in [5, 5.41) is 0. The van der Waals surface area contributed by atoms with Crippen LogP contribution in [0.5, 0.6) is 0 Å². The van der Waals surface area contributed by atoms with Crippen molar-refractivity contribution in [2.45, 2.75) is 0 Å². The van der Waals surface area contributed by atoms with Crippen molar-refractivity contribution in [3.8, 4) is 0 Å². The highest BCUT2D eigenvalue weighted by Crippen LogP contribution is 2.35. The monoisotopic (exact) mass is 173 g/mol. The number of hydrogen-bond donors (Lipinski definition) is 0. The zero-order valence-corrected chi connectivity index (χ0v) is 6.81. The number of aliphatic imine (C=N–C) groups is 1. The van der Waals surface area contributed by atoms with Crippen LogP contribution in [0.4, 0.5) is 17.3 Å². The van der Waals surface area contributed by atoms with E-state index in [2.05, 4.69) is 21.5 Å². The van der Waals surface area contributed by atoms with Gasteiger partial charge in [0.1, 0.15) is 0 Å². The molecular formula is C8H7N5. The Balaban J connectivity index is 2.61. The van der Waals surface area contributed by atoms with Crippen LogP contribution in [0.1, 0.15) is 0 Å². The third kappa shape index (κ3) is 1.10. The Kier molecular flexibility index (Phi) is 1.63. The summed E-state index contributed by atoms with van der Waals surface area (Å²) in [6.07, 6.45) is 6.29. The lowest BCUT2D eigenvalue weighted by Gasteiger charge is -1.99. The third-order valence-corrected chi connectivity index (χ3v) is 1.62. The quantitative estimate of drug-likeness (QED) is 0.607. The Morgan fingerprint density at radius 2 is 2.31 bits per heavy atom. The van der Waals surface area contributed by atoms with Crippen molar-refractivity contribution < 1.29 is 4.58 Å². The third-order valence-electron chi connectivity index (χ3n) is 1.62. The fourth-order valence-electron chi connectivity index (χ4n) is 1.07. The number of hydrogen-bond acceptors (Lipinski definition) is 3. The van der Waals surface area contributed by atoms with E-state index in [1.165, 1.54) is 6.33 Å². The largest absolute Gasteiger partial charge is 0.479 e. The van der Waals surface area contributed by atoms with Crippen LogP contribution in [0.2, 0.25) is 0 Å². The summed E-state index contributed by atoms with van der Waals surface area (Å²) in [6, 6.07) is 0. The molecule has 2 heterocycles. The molecule has 1 aliphatic rings. The van der Waals surface area contributed by atoms with Crippen molar-refractivity contribution >= 4 is 29.9 Å². The molecule has 0 amide bonds. The SMILES string of the molecule is C=CC=[N+]1C=Nc2c([NH-])ncnc21. The number of nitrogens with zero attached hydrogens (tertiary/aromatic N) is 4. The van der Waals surface area contributed by atoms with Gasteiger partial charge in [-0.25, -0.2) is 4.58 Å². The topological polar surface area (TPSA) is 65.0 Å². The predicted octanol–water partition coefficient (Wildman–Crippen LogP) is 1.73. The molecule has 1 aliphatic heterocycles. The van der Waals surface area contributed by atoms with E-state index in [9.17, 15) is 0 Å². The molecule has 64 valence electrons. The van der Waals surface area contributed by atoms with E-state index in [4.69, 9.17) is 5.73 Å². The highest BCUT2D eigenvalue weighted by atomic mass is 15.2. The molecule has 0 fully saturated rings. The van der Waals surface area contributed by atoms with Crippen molar-refractivity contribution in [1.82, 2.24) is 9.97 Å². The number of rotatable bonds is 1. The molecule has 0 radical (unpaired) electrons. The molecule has 5 nitrogen and oxygen atoms in total. The van der Waals surface area contributed by atoms with Crippen LogP contribution in [-0.4, -0.2) is 27.1 Å². The summed E-state index contributed by atoms with van der Waals surface area (Å²) >= 11 is 0. The molecule has 0 aliphatic carbocycles. The van der Waals surface area contributed by atoms with Gasteiger partial charge in [-0.2, -0.15) is 0 Å². The molecule has 1 aromatic rings. The second-order valence-electron chi connectivity index (χ2n) is 2.43. The van der Waals surface area contributed by atoms with Gasteiger partial charge in [-0.3, -0.25) is 0 Å². The Hall–Kier alpha value is -2.04. The van der Waals surface area contributed by atoms with Gasteiger partial charge in [-0.05, 0) is 11.9 Å². The van der Waals surface area contributed by atoms with Gasteiger partial charge in [0.2, 0.25) is 12.0 Å². The Bertz CT molecular complexity index is 419. The summed E-state index contributed by atoms with van der Waals surface area (Å²) in [6.45, 7) is 3.57. The second kappa shape index (κ2) is 2.78. The van der Waals surface area contributed by atoms with Gasteiger partial charge >= 0.3 is 5.82 Å². The highest BCUT2D eigenvalue weighted by molar-refractivity contribution is 5.83. The molecular weight excluding hydrogens is 166 g/mol. The van der Waals surface area contributed by atoms with Crippen molar-refractivity contribution in [3.63, 3.8) is 0 Å². The van der Waals surface area contributed by atoms with Crippen LogP contribution in [0, 0.1) is 0 Å². The summed E-state index contributed by atoms with van der Waals surface area (Å²) in [5.74, 6) is 0.765. The Morgan fingerprint density at radius 1 is 1.46 bits per heavy atom. The lowest BCUT2D eigenvalue weighted by Crippen LogP contribution is -2.00. The standard InChI is InChI=1S/C8H7N5/c1-2-3-13-5-12-6-7(9)10-4-11-8(6)13/h2-5H,1H2,(H-,9,10,11). The zero-order valence-electron chi connectivity index (χ0n) is 6.81. The van der Waals surface area contributed by atoms with Gasteiger partial charge in [0.05, 0.1) is 12.5 Å². The van der Waals surface area contributed by atoms with Crippen LogP contribution in [0.3, 0.4) is 0 Å². The maximum absolute atomic E-state index is 7.44. The zero-order chi connectivity index (χ0) is 9.26. The first-order valence-electron chi connectivity index (χ1n) is 3.68. The van der Waals surface area contributed by atoms with Gasteiger partial charge in [0, 0.05) is 0 Å². The molecule has 1 N–H and O–H groups in total. The van der Waals surface area contributed by atoms with Gasteiger partial charge in [0.15, 0.2) is 0 Å². The van der Waals surface area contributed by atoms with Crippen molar-refractivity contribution in [2.24, 2.45) is 4.99 Å². The smallest absolute Gasteiger partial charge is 0.309 e. The van der Waals surface area contributed by atoms with Crippen LogP contribution in [0.25, 0.3) is 5.73 Å². The molecule has 0 saturated heterocycles. The Labute approximate surface area is 75.0 Å². The van der Waals surface area contributed by atoms with Crippen LogP contribution >= 0.6 is 0 Å². The molecule has 2 rings (SSSR count). The highest BCUT2D eigenvalue weighted by Gasteiger charge is 2.20. The van der Waals surface area contributed by atoms with Crippen LogP contribution in [-0.2, 0) is 0 Å². The minimum Gasteiger partial charge on any atom is -0.479 e. The number of fused-ring (bicyclic) bond motifs is 1. The summed E-state index contributed by atoms with van der Waals surface area (Å²) in [7, 11) is 0. The molecule has 0 saturated carbocycles. The van der Waals surface area contributed by atoms with Gasteiger partial charge in [-0.15, -0.1) is 9.98 Å². The molecule has 0 spiro atoms. The average molecular weight is 173 g/mol. The maximum Gasteiger partial charge on any atom is 0.309 e. The maximum atomic E-state index is 7.44. The van der Waals surface area contributed by atoms with E-state index < -0.39 is 0 Å². The van der Waals surface area contributed by atoms with E-state index in [0.717, 1.165) is 0 Å². The van der Waals surface area contributed by atoms with Gasteiger partial charge in [-0.1, -0.05) is 6.58 Å². The first-order chi connectivity index (χ1) is 6.33. The van der Waals surface area contributed by atoms with E-state index >= 15 is 0 Å². The van der Waals surface area contributed by atoms with E-state index in [1.807, 2.05) is 0 Å². The first kappa shape index (κ1) is 7.60. The van der Waals surface area contributed by atoms with E-state index in [1.54, 1.807) is 23.2 Å². The summed E-state index contributed by atoms with van der Waals surface area (Å²) in [5.41, 5.74) is 7.94. The molecule has 0 atom stereocenters. The summed E-state index contributed by atoms with van der Waals surface area (Å²) < 4.78 is 1.70. The fraction of sp³-hybridized carbons (Fsp3) is 0. The average Bonchev–Trinajstić information content (AvgIpc) is 2.51. The molecule has 1 aromatic heterocycles. The molecule has 13 heavy (non-hydrogen) atoms. The minimum absolute atomic E-state index is 0.140. The van der Waals surface area contributed by atoms with Crippen LogP contribution in [0.15, 0.2) is 24.0 Å². The van der Waals surface area contributed by atoms with Gasteiger partial charge < -0.3 is 10.7 Å².